The molecule has 2 N–H and O–H groups in total. The normalized spacial score (nSPS) is 29.4. The molecule has 3 heterocycles. The van der Waals surface area contributed by atoms with Crippen molar-refractivity contribution in [2.24, 2.45) is 5.73 Å². The van der Waals surface area contributed by atoms with Crippen molar-refractivity contribution in [3.8, 4) is 0 Å². The van der Waals surface area contributed by atoms with Gasteiger partial charge in [0.1, 0.15) is 6.10 Å². The summed E-state index contributed by atoms with van der Waals surface area (Å²) in [5, 5.41) is 2.08. The van der Waals surface area contributed by atoms with Crippen LogP contribution in [-0.4, -0.2) is 36.1 Å². The molecule has 1 amide bonds. The molecule has 20 heavy (non-hydrogen) atoms. The minimum atomic E-state index is -0.269. The number of nitrogens with two attached hydrogens (primary N) is 1. The molecule has 0 radical (unpaired) electrons. The van der Waals surface area contributed by atoms with Gasteiger partial charge in [0.15, 0.2) is 0 Å². The summed E-state index contributed by atoms with van der Waals surface area (Å²) in [5.41, 5.74) is 5.61. The van der Waals surface area contributed by atoms with Crippen LogP contribution in [0.4, 0.5) is 0 Å². The lowest BCUT2D eigenvalue weighted by Crippen LogP contribution is -2.39. The Labute approximate surface area is 129 Å². The first-order chi connectivity index (χ1) is 9.29. The molecule has 2 fully saturated rings. The maximum absolute atomic E-state index is 12.6. The minimum Gasteiger partial charge on any atom is -0.364 e. The molecule has 2 aliphatic heterocycles. The van der Waals surface area contributed by atoms with Crippen LogP contribution >= 0.6 is 23.7 Å². The smallest absolute Gasteiger partial charge is 0.252 e. The Balaban J connectivity index is 0.00000147. The molecule has 0 aromatic carbocycles. The van der Waals surface area contributed by atoms with Crippen LogP contribution in [0.3, 0.4) is 0 Å². The van der Waals surface area contributed by atoms with Crippen molar-refractivity contribution >= 4 is 29.7 Å². The SMILES string of the molecule is Cl.NC[C@H]1CC[C@@H](C(=O)N2CCCC2c2cccs2)O1. The van der Waals surface area contributed by atoms with Gasteiger partial charge in [-0.15, -0.1) is 23.7 Å². The van der Waals surface area contributed by atoms with E-state index >= 15 is 0 Å². The number of carbonyl (C=O) groups is 1. The third-order valence-corrected chi connectivity index (χ3v) is 5.03. The number of carbonyl (C=O) groups excluding carboxylic acids is 1. The average Bonchev–Trinajstić information content (AvgIpc) is 3.16. The molecule has 0 saturated carbocycles. The maximum atomic E-state index is 12.6. The van der Waals surface area contributed by atoms with Crippen LogP contribution in [0.15, 0.2) is 17.5 Å². The predicted molar refractivity (Wildman–Crippen MR) is 82.2 cm³/mol. The van der Waals surface area contributed by atoms with Crippen LogP contribution in [0.25, 0.3) is 0 Å². The van der Waals surface area contributed by atoms with E-state index in [9.17, 15) is 4.79 Å². The van der Waals surface area contributed by atoms with Gasteiger partial charge in [0.2, 0.25) is 0 Å². The summed E-state index contributed by atoms with van der Waals surface area (Å²) in [5.74, 6) is 0.159. The number of nitrogens with zero attached hydrogens (tertiary/aromatic N) is 1. The van der Waals surface area contributed by atoms with E-state index in [1.54, 1.807) is 11.3 Å². The van der Waals surface area contributed by atoms with Gasteiger partial charge >= 0.3 is 0 Å². The molecule has 1 aromatic heterocycles. The summed E-state index contributed by atoms with van der Waals surface area (Å²) < 4.78 is 5.74. The lowest BCUT2D eigenvalue weighted by atomic mass is 10.1. The highest BCUT2D eigenvalue weighted by atomic mass is 35.5. The van der Waals surface area contributed by atoms with E-state index in [-0.39, 0.29) is 36.6 Å². The molecular formula is C14H21ClN2O2S. The van der Waals surface area contributed by atoms with Crippen LogP contribution in [-0.2, 0) is 9.53 Å². The highest BCUT2D eigenvalue weighted by Gasteiger charge is 2.38. The van der Waals surface area contributed by atoms with Gasteiger partial charge in [0.25, 0.3) is 5.91 Å². The lowest BCUT2D eigenvalue weighted by molar-refractivity contribution is -0.143. The van der Waals surface area contributed by atoms with Gasteiger partial charge in [-0.3, -0.25) is 4.79 Å². The number of hydrogen-bond acceptors (Lipinski definition) is 4. The molecule has 0 bridgehead atoms. The molecule has 1 aromatic rings. The predicted octanol–water partition coefficient (Wildman–Crippen LogP) is 2.34. The van der Waals surface area contributed by atoms with Gasteiger partial charge in [-0.25, -0.2) is 0 Å². The Morgan fingerprint density at radius 2 is 2.30 bits per heavy atom. The molecule has 4 nitrogen and oxygen atoms in total. The van der Waals surface area contributed by atoms with Crippen molar-refractivity contribution in [1.29, 1.82) is 0 Å². The number of halogens is 1. The fourth-order valence-electron chi connectivity index (χ4n) is 3.05. The summed E-state index contributed by atoms with van der Waals surface area (Å²) in [6.07, 6.45) is 3.67. The first-order valence-corrected chi connectivity index (χ1v) is 7.87. The van der Waals surface area contributed by atoms with Crippen molar-refractivity contribution in [2.45, 2.75) is 43.9 Å². The van der Waals surface area contributed by atoms with Crippen molar-refractivity contribution in [1.82, 2.24) is 4.90 Å². The molecule has 0 aliphatic carbocycles. The maximum Gasteiger partial charge on any atom is 0.252 e. The highest BCUT2D eigenvalue weighted by Crippen LogP contribution is 2.36. The van der Waals surface area contributed by atoms with Crippen molar-refractivity contribution in [3.63, 3.8) is 0 Å². The quantitative estimate of drug-likeness (QED) is 0.931. The van der Waals surface area contributed by atoms with E-state index in [4.69, 9.17) is 10.5 Å². The van der Waals surface area contributed by atoms with Crippen LogP contribution < -0.4 is 5.73 Å². The monoisotopic (exact) mass is 316 g/mol. The number of rotatable bonds is 3. The zero-order chi connectivity index (χ0) is 13.2. The Morgan fingerprint density at radius 3 is 2.95 bits per heavy atom. The third-order valence-electron chi connectivity index (χ3n) is 4.05. The standard InChI is InChI=1S/C14H20N2O2S.ClH/c15-9-10-5-6-12(18-10)14(17)16-7-1-3-11(16)13-4-2-8-19-13;/h2,4,8,10-12H,1,3,5-7,9,15H2;1H/t10-,11?,12+;/m1./s1. The molecule has 3 atom stereocenters. The Bertz CT molecular complexity index is 440. The number of amides is 1. The second kappa shape index (κ2) is 6.89. The molecule has 2 aliphatic rings. The largest absolute Gasteiger partial charge is 0.364 e. The van der Waals surface area contributed by atoms with Crippen molar-refractivity contribution in [3.05, 3.63) is 22.4 Å². The van der Waals surface area contributed by atoms with E-state index in [2.05, 4.69) is 17.5 Å². The third kappa shape index (κ3) is 3.01. The summed E-state index contributed by atoms with van der Waals surface area (Å²) >= 11 is 1.73. The van der Waals surface area contributed by atoms with Crippen LogP contribution in [0.2, 0.25) is 0 Å². The van der Waals surface area contributed by atoms with E-state index in [1.807, 2.05) is 4.90 Å². The zero-order valence-corrected chi connectivity index (χ0v) is 13.0. The molecule has 0 spiro atoms. The average molecular weight is 317 g/mol. The van der Waals surface area contributed by atoms with Gasteiger partial charge in [-0.1, -0.05) is 6.07 Å². The topological polar surface area (TPSA) is 55.6 Å². The summed E-state index contributed by atoms with van der Waals surface area (Å²) in [6.45, 7) is 1.37. The van der Waals surface area contributed by atoms with Gasteiger partial charge < -0.3 is 15.4 Å². The number of thiophene rings is 1. The Hall–Kier alpha value is -0.620. The number of ether oxygens (including phenoxy) is 1. The van der Waals surface area contributed by atoms with Crippen molar-refractivity contribution in [2.75, 3.05) is 13.1 Å². The van der Waals surface area contributed by atoms with Gasteiger partial charge in [0.05, 0.1) is 12.1 Å². The molecule has 6 heteroatoms. The second-order valence-electron chi connectivity index (χ2n) is 5.26. The van der Waals surface area contributed by atoms with E-state index in [0.29, 0.717) is 6.54 Å². The Morgan fingerprint density at radius 1 is 1.45 bits per heavy atom. The van der Waals surface area contributed by atoms with Crippen LogP contribution in [0, 0.1) is 0 Å². The minimum absolute atomic E-state index is 0. The second-order valence-corrected chi connectivity index (χ2v) is 6.24. The molecule has 2 saturated heterocycles. The summed E-state index contributed by atoms with van der Waals surface area (Å²) in [6, 6.07) is 4.43. The van der Waals surface area contributed by atoms with Crippen molar-refractivity contribution < 1.29 is 9.53 Å². The van der Waals surface area contributed by atoms with Gasteiger partial charge in [-0.05, 0) is 37.1 Å². The number of likely N-dealkylation sites (tertiary alicyclic amines) is 1. The van der Waals surface area contributed by atoms with Crippen LogP contribution in [0.1, 0.15) is 36.6 Å². The number of hydrogen-bond donors (Lipinski definition) is 1. The molecule has 1 unspecified atom stereocenters. The van der Waals surface area contributed by atoms with Gasteiger partial charge in [0, 0.05) is 18.0 Å². The van der Waals surface area contributed by atoms with E-state index < -0.39 is 0 Å². The Kier molecular flexibility index (Phi) is 5.43. The van der Waals surface area contributed by atoms with Gasteiger partial charge in [-0.2, -0.15) is 0 Å². The zero-order valence-electron chi connectivity index (χ0n) is 11.4. The van der Waals surface area contributed by atoms with Crippen LogP contribution in [0.5, 0.6) is 0 Å². The fourth-order valence-corrected chi connectivity index (χ4v) is 3.93. The van der Waals surface area contributed by atoms with E-state index in [0.717, 1.165) is 32.2 Å². The lowest BCUT2D eigenvalue weighted by Gasteiger charge is -2.26. The molecular weight excluding hydrogens is 296 g/mol. The first-order valence-electron chi connectivity index (χ1n) is 6.99. The fraction of sp³-hybridized carbons (Fsp3) is 0.643. The highest BCUT2D eigenvalue weighted by molar-refractivity contribution is 7.10. The summed E-state index contributed by atoms with van der Waals surface area (Å²) in [4.78, 5) is 15.9. The van der Waals surface area contributed by atoms with E-state index in [1.165, 1.54) is 4.88 Å². The summed E-state index contributed by atoms with van der Waals surface area (Å²) in [7, 11) is 0. The first kappa shape index (κ1) is 15.8. The molecule has 3 rings (SSSR count). The molecule has 112 valence electrons.